The lowest BCUT2D eigenvalue weighted by Crippen LogP contribution is -2.20. The Morgan fingerprint density at radius 1 is 1.33 bits per heavy atom. The molecule has 0 aliphatic carbocycles. The normalized spacial score (nSPS) is 22.9. The summed E-state index contributed by atoms with van der Waals surface area (Å²) in [7, 11) is 0. The van der Waals surface area contributed by atoms with Gasteiger partial charge in [-0.05, 0) is 19.3 Å². The van der Waals surface area contributed by atoms with Gasteiger partial charge >= 0.3 is 5.97 Å². The number of hydrogen-bond donors (Lipinski definition) is 2. The molecule has 15 heavy (non-hydrogen) atoms. The summed E-state index contributed by atoms with van der Waals surface area (Å²) in [5.41, 5.74) is 0. The van der Waals surface area contributed by atoms with E-state index >= 15 is 0 Å². The standard InChI is InChI=1S/C9H15O4.2CH2/c10-8(11)6-7-4-2-1-3-5-9(12)13-7;;/h9,12H,1-6H2,(H,10,11);2*1H2. The average molecular weight is 215 g/mol. The summed E-state index contributed by atoms with van der Waals surface area (Å²) in [4.78, 5) is 10.4. The highest BCUT2D eigenvalue weighted by Crippen LogP contribution is 2.24. The number of ether oxygens (including phenoxy) is 1. The largest absolute Gasteiger partial charge is 0.481 e. The van der Waals surface area contributed by atoms with Gasteiger partial charge in [0.05, 0.1) is 6.42 Å². The van der Waals surface area contributed by atoms with Crippen LogP contribution < -0.4 is 0 Å². The van der Waals surface area contributed by atoms with E-state index in [0.29, 0.717) is 18.9 Å². The van der Waals surface area contributed by atoms with Crippen molar-refractivity contribution >= 4 is 5.97 Å². The van der Waals surface area contributed by atoms with Crippen molar-refractivity contribution in [3.63, 3.8) is 0 Å². The van der Waals surface area contributed by atoms with Gasteiger partial charge in [-0.25, -0.2) is 0 Å². The Kier molecular flexibility index (Phi) is 9.72. The van der Waals surface area contributed by atoms with Gasteiger partial charge in [-0.1, -0.05) is 27.7 Å². The first-order chi connectivity index (χ1) is 6.18. The highest BCUT2D eigenvalue weighted by atomic mass is 16.6. The molecule has 1 saturated heterocycles. The van der Waals surface area contributed by atoms with E-state index in [2.05, 4.69) is 0 Å². The predicted octanol–water partition coefficient (Wildman–Crippen LogP) is 1.95. The van der Waals surface area contributed by atoms with Crippen molar-refractivity contribution in [3.05, 3.63) is 21.0 Å². The molecule has 1 atom stereocenters. The van der Waals surface area contributed by atoms with Gasteiger partial charge < -0.3 is 14.9 Å². The summed E-state index contributed by atoms with van der Waals surface area (Å²) in [5, 5.41) is 17.8. The van der Waals surface area contributed by atoms with Gasteiger partial charge in [0.1, 0.15) is 6.10 Å². The Labute approximate surface area is 92.3 Å². The third kappa shape index (κ3) is 7.33. The van der Waals surface area contributed by atoms with E-state index in [1.807, 2.05) is 0 Å². The molecule has 0 bridgehead atoms. The molecule has 1 rings (SSSR count). The van der Waals surface area contributed by atoms with Gasteiger partial charge in [0.2, 0.25) is 0 Å². The average Bonchev–Trinajstić information content (AvgIpc) is 1.98. The first-order valence-electron chi connectivity index (χ1n) is 4.59. The number of hydrogen-bond acceptors (Lipinski definition) is 3. The SMILES string of the molecule is O=C(O)C[C]1CCCCCC(O)O1.[CH2].[CH2]. The van der Waals surface area contributed by atoms with Crippen molar-refractivity contribution < 1.29 is 19.7 Å². The van der Waals surface area contributed by atoms with Crippen LogP contribution in [-0.4, -0.2) is 22.5 Å². The third-order valence-electron chi connectivity index (χ3n) is 2.06. The minimum Gasteiger partial charge on any atom is -0.481 e. The molecule has 0 amide bonds. The van der Waals surface area contributed by atoms with Crippen molar-refractivity contribution in [2.45, 2.75) is 44.8 Å². The second-order valence-electron chi connectivity index (χ2n) is 3.28. The van der Waals surface area contributed by atoms with Crippen LogP contribution in [0.15, 0.2) is 0 Å². The maximum Gasteiger partial charge on any atom is 0.306 e. The number of carboxylic acid groups (broad SMARTS) is 1. The van der Waals surface area contributed by atoms with E-state index in [1.165, 1.54) is 0 Å². The van der Waals surface area contributed by atoms with E-state index < -0.39 is 12.3 Å². The van der Waals surface area contributed by atoms with E-state index in [1.54, 1.807) is 0 Å². The Morgan fingerprint density at radius 2 is 2.00 bits per heavy atom. The molecule has 0 spiro atoms. The molecule has 4 nitrogen and oxygen atoms in total. The summed E-state index contributed by atoms with van der Waals surface area (Å²) in [6, 6.07) is 0. The van der Waals surface area contributed by atoms with Crippen LogP contribution in [0.2, 0.25) is 0 Å². The fraction of sp³-hybridized carbons (Fsp3) is 0.636. The summed E-state index contributed by atoms with van der Waals surface area (Å²) >= 11 is 0. The molecule has 0 aromatic heterocycles. The van der Waals surface area contributed by atoms with Gasteiger partial charge in [-0.3, -0.25) is 4.79 Å². The van der Waals surface area contributed by atoms with Crippen molar-refractivity contribution in [3.8, 4) is 0 Å². The molecule has 1 unspecified atom stereocenters. The Bertz CT molecular complexity index is 170. The fourth-order valence-corrected chi connectivity index (χ4v) is 1.43. The lowest BCUT2D eigenvalue weighted by Gasteiger charge is -2.21. The van der Waals surface area contributed by atoms with E-state index in [0.717, 1.165) is 19.3 Å². The number of carbonyl (C=O) groups is 1. The molecule has 0 aromatic rings. The molecular weight excluding hydrogens is 196 g/mol. The molecule has 1 fully saturated rings. The van der Waals surface area contributed by atoms with E-state index in [-0.39, 0.29) is 21.3 Å². The van der Waals surface area contributed by atoms with Crippen LogP contribution in [0, 0.1) is 21.0 Å². The maximum atomic E-state index is 10.4. The van der Waals surface area contributed by atoms with E-state index in [4.69, 9.17) is 9.84 Å². The van der Waals surface area contributed by atoms with Crippen molar-refractivity contribution in [2.75, 3.05) is 0 Å². The lowest BCUT2D eigenvalue weighted by atomic mass is 10.0. The summed E-state index contributed by atoms with van der Waals surface area (Å²) < 4.78 is 5.09. The molecule has 5 radical (unpaired) electrons. The van der Waals surface area contributed by atoms with Crippen LogP contribution in [0.5, 0.6) is 0 Å². The molecule has 0 saturated carbocycles. The predicted molar refractivity (Wildman–Crippen MR) is 56.4 cm³/mol. The quantitative estimate of drug-likeness (QED) is 0.738. The topological polar surface area (TPSA) is 66.8 Å². The smallest absolute Gasteiger partial charge is 0.306 e. The summed E-state index contributed by atoms with van der Waals surface area (Å²) in [6.45, 7) is 0. The number of aliphatic carboxylic acids is 1. The second-order valence-corrected chi connectivity index (χ2v) is 3.28. The van der Waals surface area contributed by atoms with Crippen molar-refractivity contribution in [1.82, 2.24) is 0 Å². The van der Waals surface area contributed by atoms with Gasteiger partial charge in [-0.15, -0.1) is 0 Å². The van der Waals surface area contributed by atoms with Crippen molar-refractivity contribution in [1.29, 1.82) is 0 Å². The molecule has 1 aliphatic rings. The summed E-state index contributed by atoms with van der Waals surface area (Å²) in [5.74, 6) is -0.900. The van der Waals surface area contributed by atoms with Crippen LogP contribution in [0.25, 0.3) is 0 Å². The Morgan fingerprint density at radius 3 is 2.60 bits per heavy atom. The van der Waals surface area contributed by atoms with Crippen LogP contribution in [-0.2, 0) is 9.53 Å². The Balaban J connectivity index is 0. The number of aliphatic hydroxyl groups excluding tert-OH is 1. The zero-order chi connectivity index (χ0) is 9.68. The molecular formula is C11H19O4. The zero-order valence-corrected chi connectivity index (χ0v) is 8.95. The van der Waals surface area contributed by atoms with Crippen LogP contribution in [0.1, 0.15) is 38.5 Å². The Hall–Kier alpha value is -0.610. The van der Waals surface area contributed by atoms with Crippen LogP contribution in [0.3, 0.4) is 0 Å². The molecule has 4 heteroatoms. The molecule has 1 heterocycles. The second kappa shape index (κ2) is 8.68. The fourth-order valence-electron chi connectivity index (χ4n) is 1.43. The zero-order valence-electron chi connectivity index (χ0n) is 8.95. The van der Waals surface area contributed by atoms with E-state index in [9.17, 15) is 9.90 Å². The molecule has 2 N–H and O–H groups in total. The molecule has 1 aliphatic heterocycles. The van der Waals surface area contributed by atoms with Gasteiger partial charge in [0.25, 0.3) is 0 Å². The molecule has 87 valence electrons. The highest BCUT2D eigenvalue weighted by molar-refractivity contribution is 5.68. The first-order valence-corrected chi connectivity index (χ1v) is 4.59. The van der Waals surface area contributed by atoms with Crippen LogP contribution in [0.4, 0.5) is 0 Å². The maximum absolute atomic E-state index is 10.4. The highest BCUT2D eigenvalue weighted by Gasteiger charge is 2.20. The molecule has 0 aromatic carbocycles. The lowest BCUT2D eigenvalue weighted by molar-refractivity contribution is -0.143. The van der Waals surface area contributed by atoms with Gasteiger partial charge in [0, 0.05) is 0 Å². The number of aliphatic hydroxyl groups is 1. The van der Waals surface area contributed by atoms with Crippen molar-refractivity contribution in [2.24, 2.45) is 0 Å². The van der Waals surface area contributed by atoms with Gasteiger partial charge in [-0.2, -0.15) is 0 Å². The minimum atomic E-state index is -0.900. The summed E-state index contributed by atoms with van der Waals surface area (Å²) in [6.07, 6.45) is 3.79. The third-order valence-corrected chi connectivity index (χ3v) is 2.06. The monoisotopic (exact) mass is 215 g/mol. The first kappa shape index (κ1) is 16.8. The van der Waals surface area contributed by atoms with Gasteiger partial charge in [0.15, 0.2) is 6.29 Å². The number of carboxylic acids is 1. The minimum absolute atomic E-state index is 0. The number of rotatable bonds is 2. The van der Waals surface area contributed by atoms with Crippen LogP contribution >= 0.6 is 0 Å².